The first kappa shape index (κ1) is 21.0. The fourth-order valence-corrected chi connectivity index (χ4v) is 4.81. The first-order valence-electron chi connectivity index (χ1n) is 11.2. The van der Waals surface area contributed by atoms with E-state index in [4.69, 9.17) is 4.74 Å². The molecular weight excluding hydrogens is 412 g/mol. The van der Waals surface area contributed by atoms with E-state index in [1.165, 1.54) is 10.5 Å². The van der Waals surface area contributed by atoms with E-state index in [1.807, 2.05) is 79.4 Å². The molecule has 2 heterocycles. The zero-order valence-corrected chi connectivity index (χ0v) is 19.1. The van der Waals surface area contributed by atoms with Crippen LogP contribution in [0.25, 0.3) is 5.57 Å². The van der Waals surface area contributed by atoms with E-state index in [9.17, 15) is 9.59 Å². The average Bonchev–Trinajstić information content (AvgIpc) is 3.09. The Labute approximate surface area is 193 Å². The fraction of sp³-hybridized carbons (Fsp3) is 0.214. The number of benzene rings is 3. The summed E-state index contributed by atoms with van der Waals surface area (Å²) in [7, 11) is 1.58. The molecule has 5 rings (SSSR count). The molecule has 0 fully saturated rings. The molecule has 0 atom stereocenters. The maximum atomic E-state index is 14.0. The maximum absolute atomic E-state index is 14.0. The second-order valence-corrected chi connectivity index (χ2v) is 8.54. The number of anilines is 2. The van der Waals surface area contributed by atoms with E-state index in [-0.39, 0.29) is 11.8 Å². The summed E-state index contributed by atoms with van der Waals surface area (Å²) in [5, 5.41) is 0. The molecule has 5 heteroatoms. The van der Waals surface area contributed by atoms with E-state index >= 15 is 0 Å². The number of hydrogen-bond donors (Lipinski definition) is 0. The first-order valence-corrected chi connectivity index (χ1v) is 11.2. The third-order valence-electron chi connectivity index (χ3n) is 6.42. The summed E-state index contributed by atoms with van der Waals surface area (Å²) in [6, 6.07) is 21.3. The predicted molar refractivity (Wildman–Crippen MR) is 130 cm³/mol. The Morgan fingerprint density at radius 1 is 0.848 bits per heavy atom. The van der Waals surface area contributed by atoms with Gasteiger partial charge in [-0.15, -0.1) is 0 Å². The fourth-order valence-electron chi connectivity index (χ4n) is 4.81. The number of ether oxygens (including phenoxy) is 1. The molecular formula is C28H26N2O3. The van der Waals surface area contributed by atoms with E-state index in [1.54, 1.807) is 7.11 Å². The van der Waals surface area contributed by atoms with Crippen LogP contribution in [0.5, 0.6) is 5.75 Å². The molecule has 0 saturated heterocycles. The molecule has 2 amide bonds. The highest BCUT2D eigenvalue weighted by atomic mass is 16.5. The number of fused-ring (bicyclic) bond motifs is 1. The third kappa shape index (κ3) is 3.41. The lowest BCUT2D eigenvalue weighted by Gasteiger charge is -2.32. The van der Waals surface area contributed by atoms with Crippen LogP contribution < -0.4 is 14.5 Å². The molecule has 2 aliphatic rings. The number of aryl methyl sites for hydroxylation is 3. The largest absolute Gasteiger partial charge is 0.496 e. The lowest BCUT2D eigenvalue weighted by atomic mass is 9.98. The van der Waals surface area contributed by atoms with Crippen LogP contribution in [-0.2, 0) is 16.0 Å². The Kier molecular flexibility index (Phi) is 5.25. The van der Waals surface area contributed by atoms with Crippen molar-refractivity contribution in [1.82, 2.24) is 0 Å². The highest BCUT2D eigenvalue weighted by Crippen LogP contribution is 2.42. The second kappa shape index (κ2) is 8.24. The van der Waals surface area contributed by atoms with Gasteiger partial charge in [0.05, 0.1) is 18.4 Å². The quantitative estimate of drug-likeness (QED) is 0.535. The van der Waals surface area contributed by atoms with Crippen LogP contribution in [-0.4, -0.2) is 25.5 Å². The summed E-state index contributed by atoms with van der Waals surface area (Å²) in [5.41, 5.74) is 6.08. The number of para-hydroxylation sites is 2. The van der Waals surface area contributed by atoms with Crippen LogP contribution in [0.1, 0.15) is 28.7 Å². The molecule has 0 radical (unpaired) electrons. The van der Waals surface area contributed by atoms with E-state index in [2.05, 4.69) is 6.07 Å². The number of rotatable bonds is 4. The minimum atomic E-state index is -0.323. The highest BCUT2D eigenvalue weighted by molar-refractivity contribution is 6.46. The molecule has 3 aromatic carbocycles. The molecule has 0 saturated carbocycles. The minimum Gasteiger partial charge on any atom is -0.496 e. The van der Waals surface area contributed by atoms with Crippen LogP contribution in [0.4, 0.5) is 11.4 Å². The maximum Gasteiger partial charge on any atom is 0.282 e. The van der Waals surface area contributed by atoms with Gasteiger partial charge in [-0.2, -0.15) is 0 Å². The van der Waals surface area contributed by atoms with Crippen molar-refractivity contribution in [3.63, 3.8) is 0 Å². The van der Waals surface area contributed by atoms with Gasteiger partial charge in [0.2, 0.25) is 0 Å². The lowest BCUT2D eigenvalue weighted by Crippen LogP contribution is -2.37. The number of imide groups is 1. The number of amides is 2. The van der Waals surface area contributed by atoms with Gasteiger partial charge >= 0.3 is 0 Å². The molecule has 0 aromatic heterocycles. The van der Waals surface area contributed by atoms with Gasteiger partial charge in [-0.3, -0.25) is 9.59 Å². The molecule has 166 valence electrons. The molecule has 0 spiro atoms. The van der Waals surface area contributed by atoms with Gasteiger partial charge in [0.25, 0.3) is 11.8 Å². The molecule has 33 heavy (non-hydrogen) atoms. The Morgan fingerprint density at radius 3 is 2.42 bits per heavy atom. The summed E-state index contributed by atoms with van der Waals surface area (Å²) in [6.45, 7) is 4.56. The molecule has 0 aliphatic carbocycles. The van der Waals surface area contributed by atoms with Gasteiger partial charge in [0.15, 0.2) is 0 Å². The Balaban J connectivity index is 1.75. The smallest absolute Gasteiger partial charge is 0.282 e. The van der Waals surface area contributed by atoms with Crippen LogP contribution >= 0.6 is 0 Å². The molecule has 0 bridgehead atoms. The normalized spacial score (nSPS) is 15.8. The van der Waals surface area contributed by atoms with Crippen LogP contribution in [0.15, 0.2) is 72.4 Å². The van der Waals surface area contributed by atoms with Crippen molar-refractivity contribution >= 4 is 28.8 Å². The topological polar surface area (TPSA) is 49.9 Å². The molecule has 0 unspecified atom stereocenters. The summed E-state index contributed by atoms with van der Waals surface area (Å²) in [4.78, 5) is 31.4. The number of carbonyl (C=O) groups is 2. The van der Waals surface area contributed by atoms with Crippen molar-refractivity contribution in [3.8, 4) is 5.75 Å². The average molecular weight is 439 g/mol. The summed E-state index contributed by atoms with van der Waals surface area (Å²) < 4.78 is 5.60. The van der Waals surface area contributed by atoms with Crippen LogP contribution in [0.3, 0.4) is 0 Å². The molecule has 5 nitrogen and oxygen atoms in total. The van der Waals surface area contributed by atoms with Crippen molar-refractivity contribution in [1.29, 1.82) is 0 Å². The van der Waals surface area contributed by atoms with E-state index in [0.29, 0.717) is 34.8 Å². The van der Waals surface area contributed by atoms with Crippen molar-refractivity contribution in [2.24, 2.45) is 0 Å². The van der Waals surface area contributed by atoms with Crippen molar-refractivity contribution in [2.45, 2.75) is 26.7 Å². The summed E-state index contributed by atoms with van der Waals surface area (Å²) >= 11 is 0. The van der Waals surface area contributed by atoms with Crippen molar-refractivity contribution in [2.75, 3.05) is 23.5 Å². The third-order valence-corrected chi connectivity index (χ3v) is 6.42. The molecule has 2 aliphatic heterocycles. The zero-order valence-electron chi connectivity index (χ0n) is 19.1. The Bertz CT molecular complexity index is 1310. The van der Waals surface area contributed by atoms with Gasteiger partial charge in [-0.05, 0) is 61.6 Å². The van der Waals surface area contributed by atoms with Gasteiger partial charge in [-0.1, -0.05) is 48.5 Å². The second-order valence-electron chi connectivity index (χ2n) is 8.54. The van der Waals surface area contributed by atoms with Crippen molar-refractivity contribution in [3.05, 3.63) is 94.7 Å². The summed E-state index contributed by atoms with van der Waals surface area (Å²) in [5.74, 6) is -0.0539. The summed E-state index contributed by atoms with van der Waals surface area (Å²) in [6.07, 6.45) is 1.86. The van der Waals surface area contributed by atoms with E-state index in [0.717, 1.165) is 29.7 Å². The first-order chi connectivity index (χ1) is 16.0. The van der Waals surface area contributed by atoms with Gasteiger partial charge in [-0.25, -0.2) is 4.90 Å². The van der Waals surface area contributed by atoms with E-state index < -0.39 is 0 Å². The number of hydrogen-bond acceptors (Lipinski definition) is 4. The molecule has 3 aromatic rings. The van der Waals surface area contributed by atoms with Gasteiger partial charge in [0.1, 0.15) is 11.4 Å². The number of nitrogens with zero attached hydrogens (tertiary/aromatic N) is 2. The van der Waals surface area contributed by atoms with Crippen molar-refractivity contribution < 1.29 is 14.3 Å². The SMILES string of the molecule is COc1ccccc1C1=C(N2CCCc3ccccc32)C(=O)N(c2cc(C)ccc2C)C1=O. The highest BCUT2D eigenvalue weighted by Gasteiger charge is 2.44. The van der Waals surface area contributed by atoms with Gasteiger partial charge in [0, 0.05) is 17.8 Å². The monoisotopic (exact) mass is 438 g/mol. The number of methoxy groups -OCH3 is 1. The van der Waals surface area contributed by atoms with Gasteiger partial charge < -0.3 is 9.64 Å². The van der Waals surface area contributed by atoms with Crippen LogP contribution in [0, 0.1) is 13.8 Å². The minimum absolute atomic E-state index is 0.300. The standard InChI is InChI=1S/C28H26N2O3/c1-18-14-15-19(2)23(17-18)30-27(31)25(21-11-5-7-13-24(21)33-3)26(28(30)32)29-16-8-10-20-9-4-6-12-22(20)29/h4-7,9,11-15,17H,8,10,16H2,1-3H3. The Morgan fingerprint density at radius 2 is 1.61 bits per heavy atom. The lowest BCUT2D eigenvalue weighted by molar-refractivity contribution is -0.120. The predicted octanol–water partition coefficient (Wildman–Crippen LogP) is 5.05. The molecule has 0 N–H and O–H groups in total. The zero-order chi connectivity index (χ0) is 23.1. The van der Waals surface area contributed by atoms with Crippen LogP contribution in [0.2, 0.25) is 0 Å². The number of carbonyl (C=O) groups excluding carboxylic acids is 2. The Hall–Kier alpha value is -3.86.